The minimum atomic E-state index is -0.859. The number of piperidine rings is 1. The molecule has 1 aromatic heterocycles. The number of hydrogen-bond donors (Lipinski definition) is 5. The monoisotopic (exact) mass is 858 g/mol. The lowest BCUT2D eigenvalue weighted by Gasteiger charge is -2.64. The van der Waals surface area contributed by atoms with Gasteiger partial charge in [0, 0.05) is 95.1 Å². The summed E-state index contributed by atoms with van der Waals surface area (Å²) in [5.41, 5.74) is 3.86. The number of anilines is 2. The second-order valence-electron chi connectivity index (χ2n) is 20.0. The highest BCUT2D eigenvalue weighted by molar-refractivity contribution is 5.93. The lowest BCUT2D eigenvalue weighted by molar-refractivity contribution is -0.144. The second kappa shape index (κ2) is 17.4. The molecular formula is C48H62N10O5. The Morgan fingerprint density at radius 3 is 2.41 bits per heavy atom. The predicted octanol–water partition coefficient (Wildman–Crippen LogP) is 2.48. The molecule has 3 aromatic rings. The highest BCUT2D eigenvalue weighted by atomic mass is 16.3. The first-order chi connectivity index (χ1) is 30.3. The van der Waals surface area contributed by atoms with Gasteiger partial charge in [-0.1, -0.05) is 51.0 Å². The number of fused-ring (bicyclic) bond motifs is 3. The van der Waals surface area contributed by atoms with Crippen LogP contribution in [0.4, 0.5) is 11.5 Å². The zero-order valence-electron chi connectivity index (χ0n) is 36.8. The summed E-state index contributed by atoms with van der Waals surface area (Å²) in [6.45, 7) is 14.0. The number of phenols is 1. The number of rotatable bonds is 10. The molecule has 1 aliphatic carbocycles. The second-order valence-corrected chi connectivity index (χ2v) is 20.0. The minimum Gasteiger partial charge on any atom is -0.507 e. The van der Waals surface area contributed by atoms with E-state index in [1.165, 1.54) is 17.7 Å². The van der Waals surface area contributed by atoms with Crippen molar-refractivity contribution in [1.82, 2.24) is 40.4 Å². The number of aromatic hydroxyl groups is 1. The van der Waals surface area contributed by atoms with Crippen molar-refractivity contribution in [3.8, 4) is 29.4 Å². The molecule has 5 fully saturated rings. The summed E-state index contributed by atoms with van der Waals surface area (Å²) in [4.78, 5) is 52.5. The van der Waals surface area contributed by atoms with Gasteiger partial charge in [0.25, 0.3) is 0 Å². The maximum absolute atomic E-state index is 14.1. The molecule has 0 bridgehead atoms. The van der Waals surface area contributed by atoms with Crippen LogP contribution in [-0.2, 0) is 20.9 Å². The average Bonchev–Trinajstić information content (AvgIpc) is 3.65. The smallest absolute Gasteiger partial charge is 0.246 e. The Labute approximate surface area is 370 Å². The number of β-amino-alcohol motifs (C(OH)–C–C–N with tert-alkyl or cyclic N) is 1. The van der Waals surface area contributed by atoms with Crippen molar-refractivity contribution < 1.29 is 24.6 Å². The van der Waals surface area contributed by atoms with Gasteiger partial charge in [0.2, 0.25) is 17.7 Å². The van der Waals surface area contributed by atoms with E-state index in [1.807, 2.05) is 63.2 Å². The molecule has 1 saturated carbocycles. The first-order valence-electron chi connectivity index (χ1n) is 22.7. The number of nitrogens with one attached hydrogen (secondary N) is 3. The van der Waals surface area contributed by atoms with Gasteiger partial charge < -0.3 is 36.0 Å². The van der Waals surface area contributed by atoms with Gasteiger partial charge in [-0.05, 0) is 72.4 Å². The molecule has 1 spiro atoms. The van der Waals surface area contributed by atoms with Crippen molar-refractivity contribution in [1.29, 1.82) is 0 Å². The standard InChI is InChI=1S/C48H62N10O5/c1-5-31-10-12-32(13-11-31)24-50-45(62)40-20-36(59)27-58(40)46(63)43(47(2,3)4)51-42(61)28-54-16-14-33(15-17-54)56-29-48(30-56)22-34(23-48)55-18-19-57-35(26-55)25-49-44-39(57)21-38(52-53-44)37-8-6-7-9-41(37)60/h1,6-13,21,33-36,40,43,59-60H,14-20,22-30H2,2-4H3,(H,49,53)(H,50,62)(H,51,61)/t35-,36?,40?,43+/m0/s1. The molecule has 0 radical (unpaired) electrons. The summed E-state index contributed by atoms with van der Waals surface area (Å²) in [6, 6.07) is 16.5. The summed E-state index contributed by atoms with van der Waals surface area (Å²) in [7, 11) is 0. The molecule has 15 nitrogen and oxygen atoms in total. The molecule has 2 aromatic carbocycles. The highest BCUT2D eigenvalue weighted by Crippen LogP contribution is 2.52. The number of carbonyl (C=O) groups excluding carboxylic acids is 3. The number of carbonyl (C=O) groups is 3. The Morgan fingerprint density at radius 2 is 1.70 bits per heavy atom. The molecule has 4 atom stereocenters. The number of likely N-dealkylation sites (tertiary alicyclic amines) is 3. The van der Waals surface area contributed by atoms with E-state index >= 15 is 0 Å². The van der Waals surface area contributed by atoms with Gasteiger partial charge in [-0.25, -0.2) is 0 Å². The summed E-state index contributed by atoms with van der Waals surface area (Å²) < 4.78 is 0. The van der Waals surface area contributed by atoms with E-state index in [-0.39, 0.29) is 49.5 Å². The predicted molar refractivity (Wildman–Crippen MR) is 241 cm³/mol. The fourth-order valence-corrected chi connectivity index (χ4v) is 11.0. The van der Waals surface area contributed by atoms with E-state index in [4.69, 9.17) is 6.42 Å². The van der Waals surface area contributed by atoms with Crippen molar-refractivity contribution in [3.63, 3.8) is 0 Å². The number of nitrogens with zero attached hydrogens (tertiary/aromatic N) is 7. The van der Waals surface area contributed by atoms with Gasteiger partial charge in [0.1, 0.15) is 17.8 Å². The number of para-hydroxylation sites is 1. The number of benzene rings is 2. The van der Waals surface area contributed by atoms with Crippen LogP contribution >= 0.6 is 0 Å². The first-order valence-corrected chi connectivity index (χ1v) is 22.7. The fourth-order valence-electron chi connectivity index (χ4n) is 11.0. The molecule has 9 rings (SSSR count). The van der Waals surface area contributed by atoms with Crippen LogP contribution in [0.2, 0.25) is 0 Å². The van der Waals surface area contributed by atoms with Crippen LogP contribution in [0.25, 0.3) is 11.3 Å². The maximum Gasteiger partial charge on any atom is 0.246 e. The molecule has 63 heavy (non-hydrogen) atoms. The molecule has 5 N–H and O–H groups in total. The largest absolute Gasteiger partial charge is 0.507 e. The van der Waals surface area contributed by atoms with Crippen molar-refractivity contribution in [2.45, 2.75) is 95.7 Å². The zero-order valence-corrected chi connectivity index (χ0v) is 36.8. The Bertz CT molecular complexity index is 2220. The van der Waals surface area contributed by atoms with Crippen molar-refractivity contribution in [3.05, 3.63) is 65.7 Å². The van der Waals surface area contributed by atoms with Crippen LogP contribution in [0.15, 0.2) is 54.6 Å². The SMILES string of the molecule is C#Cc1ccc(CNC(=O)C2CC(O)CN2C(=O)[C@@H](NC(=O)CN2CCC(N3CC4(CC(N5CCN6c7cc(-c8ccccc8O)nnc7NC[C@H]6C5)C4)C3)CC2)C(C)(C)C)cc1. The zero-order chi connectivity index (χ0) is 44.0. The molecule has 6 aliphatic rings. The Morgan fingerprint density at radius 1 is 0.952 bits per heavy atom. The average molecular weight is 859 g/mol. The molecule has 334 valence electrons. The molecular weight excluding hydrogens is 797 g/mol. The number of aliphatic hydroxyl groups is 1. The van der Waals surface area contributed by atoms with Crippen LogP contribution in [-0.4, -0.2) is 159 Å². The molecule has 4 saturated heterocycles. The maximum atomic E-state index is 14.1. The van der Waals surface area contributed by atoms with Crippen LogP contribution in [0, 0.1) is 23.2 Å². The van der Waals surface area contributed by atoms with E-state index in [9.17, 15) is 24.6 Å². The Kier molecular flexibility index (Phi) is 11.9. The number of piperazine rings is 1. The Balaban J connectivity index is 0.710. The van der Waals surface area contributed by atoms with Crippen molar-refractivity contribution >= 4 is 29.2 Å². The number of amides is 3. The normalized spacial score (nSPS) is 24.6. The van der Waals surface area contributed by atoms with Gasteiger partial charge in [-0.2, -0.15) is 0 Å². The van der Waals surface area contributed by atoms with Crippen molar-refractivity contribution in [2.24, 2.45) is 10.8 Å². The molecule has 15 heteroatoms. The lowest BCUT2D eigenvalue weighted by atomic mass is 9.59. The number of aromatic nitrogens is 2. The molecule has 3 amide bonds. The first kappa shape index (κ1) is 43.0. The number of terminal acetylenes is 1. The van der Waals surface area contributed by atoms with E-state index in [1.54, 1.807) is 6.07 Å². The van der Waals surface area contributed by atoms with E-state index < -0.39 is 23.6 Å². The number of aliphatic hydroxyl groups excluding tert-OH is 1. The van der Waals surface area contributed by atoms with Crippen LogP contribution in [0.3, 0.4) is 0 Å². The highest BCUT2D eigenvalue weighted by Gasteiger charge is 2.55. The summed E-state index contributed by atoms with van der Waals surface area (Å²) in [5.74, 6) is 2.69. The van der Waals surface area contributed by atoms with Crippen LogP contribution < -0.4 is 20.9 Å². The molecule has 2 unspecified atom stereocenters. The number of phenolic OH excluding ortho intramolecular Hbond substituents is 1. The van der Waals surface area contributed by atoms with Gasteiger partial charge in [0.05, 0.1) is 30.1 Å². The third-order valence-corrected chi connectivity index (χ3v) is 14.5. The van der Waals surface area contributed by atoms with Crippen LogP contribution in [0.5, 0.6) is 5.75 Å². The van der Waals surface area contributed by atoms with Gasteiger partial charge in [-0.15, -0.1) is 16.6 Å². The van der Waals surface area contributed by atoms with Crippen molar-refractivity contribution in [2.75, 3.05) is 75.7 Å². The Hall–Kier alpha value is -5.27. The quantitative estimate of drug-likeness (QED) is 0.189. The van der Waals surface area contributed by atoms with Gasteiger partial charge in [0.15, 0.2) is 5.82 Å². The summed E-state index contributed by atoms with van der Waals surface area (Å²) in [5, 5.41) is 39.4. The van der Waals surface area contributed by atoms with E-state index in [0.717, 1.165) is 87.8 Å². The lowest BCUT2D eigenvalue weighted by Crippen LogP contribution is -2.71. The summed E-state index contributed by atoms with van der Waals surface area (Å²) in [6.07, 6.45) is 9.29. The van der Waals surface area contributed by atoms with Gasteiger partial charge in [-0.3, -0.25) is 29.1 Å². The fraction of sp³-hybridized carbons (Fsp3) is 0.562. The van der Waals surface area contributed by atoms with E-state index in [0.29, 0.717) is 34.8 Å². The minimum absolute atomic E-state index is 0.0353. The summed E-state index contributed by atoms with van der Waals surface area (Å²) >= 11 is 0. The topological polar surface area (TPSA) is 170 Å². The third kappa shape index (κ3) is 8.96. The van der Waals surface area contributed by atoms with Crippen LogP contribution in [0.1, 0.15) is 64.0 Å². The third-order valence-electron chi connectivity index (χ3n) is 14.5. The molecule has 6 heterocycles. The van der Waals surface area contributed by atoms with E-state index in [2.05, 4.69) is 57.7 Å². The molecule has 5 aliphatic heterocycles. The van der Waals surface area contributed by atoms with Gasteiger partial charge >= 0.3 is 0 Å². The number of hydrogen-bond acceptors (Lipinski definition) is 12.